The normalized spacial score (nSPS) is 23.9. The third-order valence-electron chi connectivity index (χ3n) is 3.85. The van der Waals surface area contributed by atoms with Crippen molar-refractivity contribution < 1.29 is 4.79 Å². The molecule has 1 aromatic rings. The van der Waals surface area contributed by atoms with E-state index in [1.54, 1.807) is 0 Å². The summed E-state index contributed by atoms with van der Waals surface area (Å²) in [6.45, 7) is 3.91. The van der Waals surface area contributed by atoms with Crippen LogP contribution in [0.3, 0.4) is 0 Å². The lowest BCUT2D eigenvalue weighted by atomic mass is 9.80. The van der Waals surface area contributed by atoms with Crippen molar-refractivity contribution in [3.8, 4) is 0 Å². The van der Waals surface area contributed by atoms with Gasteiger partial charge in [-0.2, -0.15) is 0 Å². The van der Waals surface area contributed by atoms with Crippen LogP contribution < -0.4 is 5.32 Å². The van der Waals surface area contributed by atoms with Gasteiger partial charge < -0.3 is 5.32 Å². The molecule has 2 rings (SSSR count). The van der Waals surface area contributed by atoms with Gasteiger partial charge in [0.2, 0.25) is 5.91 Å². The van der Waals surface area contributed by atoms with E-state index in [-0.39, 0.29) is 11.8 Å². The van der Waals surface area contributed by atoms with Gasteiger partial charge in [-0.15, -0.1) is 0 Å². The molecular formula is C16H23NO. The molecule has 0 aromatic heterocycles. The van der Waals surface area contributed by atoms with Crippen LogP contribution in [0.2, 0.25) is 0 Å². The highest BCUT2D eigenvalue weighted by atomic mass is 16.1. The Bertz CT molecular complexity index is 385. The minimum atomic E-state index is 0.0725. The van der Waals surface area contributed by atoms with E-state index in [0.29, 0.717) is 12.0 Å². The molecule has 0 heterocycles. The SMILES string of the molecule is CC(C)C(=O)N[C@H]1CCCC[C@H]1c1ccccc1. The molecule has 1 fully saturated rings. The third kappa shape index (κ3) is 3.12. The quantitative estimate of drug-likeness (QED) is 0.867. The van der Waals surface area contributed by atoms with Gasteiger partial charge in [0.25, 0.3) is 0 Å². The second kappa shape index (κ2) is 6.03. The highest BCUT2D eigenvalue weighted by Gasteiger charge is 2.27. The van der Waals surface area contributed by atoms with Gasteiger partial charge in [-0.25, -0.2) is 0 Å². The Morgan fingerprint density at radius 2 is 1.83 bits per heavy atom. The Hall–Kier alpha value is -1.31. The van der Waals surface area contributed by atoms with Crippen LogP contribution in [0, 0.1) is 5.92 Å². The molecule has 1 aliphatic rings. The van der Waals surface area contributed by atoms with Crippen LogP contribution in [-0.4, -0.2) is 11.9 Å². The van der Waals surface area contributed by atoms with Crippen molar-refractivity contribution in [1.29, 1.82) is 0 Å². The standard InChI is InChI=1S/C16H23NO/c1-12(2)16(18)17-15-11-7-6-10-14(15)13-8-4-3-5-9-13/h3-5,8-9,12,14-15H,6-7,10-11H2,1-2H3,(H,17,18)/t14-,15-/m0/s1. The number of hydrogen-bond donors (Lipinski definition) is 1. The Labute approximate surface area is 110 Å². The third-order valence-corrected chi connectivity index (χ3v) is 3.85. The largest absolute Gasteiger partial charge is 0.353 e. The summed E-state index contributed by atoms with van der Waals surface area (Å²) in [5, 5.41) is 3.23. The van der Waals surface area contributed by atoms with Gasteiger partial charge >= 0.3 is 0 Å². The molecule has 0 unspecified atom stereocenters. The Balaban J connectivity index is 2.09. The molecule has 0 aliphatic heterocycles. The molecule has 1 N–H and O–H groups in total. The molecule has 18 heavy (non-hydrogen) atoms. The summed E-state index contributed by atoms with van der Waals surface area (Å²) in [6, 6.07) is 10.9. The molecule has 2 nitrogen and oxygen atoms in total. The van der Waals surface area contributed by atoms with Crippen molar-refractivity contribution in [1.82, 2.24) is 5.32 Å². The van der Waals surface area contributed by atoms with Crippen LogP contribution in [-0.2, 0) is 4.79 Å². The summed E-state index contributed by atoms with van der Waals surface area (Å²) < 4.78 is 0. The molecule has 0 spiro atoms. The van der Waals surface area contributed by atoms with E-state index in [9.17, 15) is 4.79 Å². The lowest BCUT2D eigenvalue weighted by molar-refractivity contribution is -0.125. The first-order valence-electron chi connectivity index (χ1n) is 7.04. The molecule has 2 heteroatoms. The van der Waals surface area contributed by atoms with Crippen LogP contribution >= 0.6 is 0 Å². The van der Waals surface area contributed by atoms with Crippen LogP contribution in [0.25, 0.3) is 0 Å². The fourth-order valence-corrected chi connectivity index (χ4v) is 2.75. The molecule has 1 saturated carbocycles. The lowest BCUT2D eigenvalue weighted by Crippen LogP contribution is -2.42. The first-order valence-corrected chi connectivity index (χ1v) is 7.04. The van der Waals surface area contributed by atoms with Crippen molar-refractivity contribution in [2.75, 3.05) is 0 Å². The minimum Gasteiger partial charge on any atom is -0.353 e. The number of carbonyl (C=O) groups is 1. The second-order valence-electron chi connectivity index (χ2n) is 5.57. The van der Waals surface area contributed by atoms with Gasteiger partial charge in [-0.05, 0) is 18.4 Å². The number of hydrogen-bond acceptors (Lipinski definition) is 1. The van der Waals surface area contributed by atoms with Crippen molar-refractivity contribution in [2.45, 2.75) is 51.5 Å². The lowest BCUT2D eigenvalue weighted by Gasteiger charge is -2.33. The van der Waals surface area contributed by atoms with E-state index in [2.05, 4.69) is 29.6 Å². The average molecular weight is 245 g/mol. The summed E-state index contributed by atoms with van der Waals surface area (Å²) in [5.41, 5.74) is 1.37. The Morgan fingerprint density at radius 1 is 1.17 bits per heavy atom. The molecule has 1 aromatic carbocycles. The van der Waals surface area contributed by atoms with Gasteiger partial charge in [0.15, 0.2) is 0 Å². The van der Waals surface area contributed by atoms with Crippen molar-refractivity contribution in [2.24, 2.45) is 5.92 Å². The molecular weight excluding hydrogens is 222 g/mol. The molecule has 0 radical (unpaired) electrons. The number of benzene rings is 1. The zero-order valence-electron chi connectivity index (χ0n) is 11.4. The highest BCUT2D eigenvalue weighted by Crippen LogP contribution is 2.33. The van der Waals surface area contributed by atoms with Gasteiger partial charge in [0, 0.05) is 17.9 Å². The average Bonchev–Trinajstić information content (AvgIpc) is 2.40. The summed E-state index contributed by atoms with van der Waals surface area (Å²) in [6.07, 6.45) is 4.80. The first kappa shape index (κ1) is 13.1. The summed E-state index contributed by atoms with van der Waals surface area (Å²) >= 11 is 0. The maximum Gasteiger partial charge on any atom is 0.222 e. The van der Waals surface area contributed by atoms with E-state index in [4.69, 9.17) is 0 Å². The number of amides is 1. The van der Waals surface area contributed by atoms with Crippen molar-refractivity contribution >= 4 is 5.91 Å². The molecule has 98 valence electrons. The van der Waals surface area contributed by atoms with E-state index in [1.807, 2.05) is 19.9 Å². The maximum absolute atomic E-state index is 11.9. The van der Waals surface area contributed by atoms with Crippen molar-refractivity contribution in [3.05, 3.63) is 35.9 Å². The predicted octanol–water partition coefficient (Wildman–Crippen LogP) is 3.49. The number of nitrogens with one attached hydrogen (secondary N) is 1. The van der Waals surface area contributed by atoms with Crippen LogP contribution in [0.1, 0.15) is 51.0 Å². The monoisotopic (exact) mass is 245 g/mol. The van der Waals surface area contributed by atoms with E-state index in [0.717, 1.165) is 6.42 Å². The van der Waals surface area contributed by atoms with Gasteiger partial charge in [0.05, 0.1) is 0 Å². The van der Waals surface area contributed by atoms with Crippen molar-refractivity contribution in [3.63, 3.8) is 0 Å². The summed E-state index contributed by atoms with van der Waals surface area (Å²) in [5.74, 6) is 0.744. The molecule has 2 atom stereocenters. The predicted molar refractivity (Wildman–Crippen MR) is 74.4 cm³/mol. The van der Waals surface area contributed by atoms with Crippen LogP contribution in [0.4, 0.5) is 0 Å². The summed E-state index contributed by atoms with van der Waals surface area (Å²) in [7, 11) is 0. The first-order chi connectivity index (χ1) is 8.68. The van der Waals surface area contributed by atoms with Gasteiger partial charge in [-0.1, -0.05) is 57.0 Å². The van der Waals surface area contributed by atoms with E-state index < -0.39 is 0 Å². The van der Waals surface area contributed by atoms with E-state index >= 15 is 0 Å². The summed E-state index contributed by atoms with van der Waals surface area (Å²) in [4.78, 5) is 11.9. The second-order valence-corrected chi connectivity index (χ2v) is 5.57. The fourth-order valence-electron chi connectivity index (χ4n) is 2.75. The van der Waals surface area contributed by atoms with Gasteiger partial charge in [-0.3, -0.25) is 4.79 Å². The smallest absolute Gasteiger partial charge is 0.222 e. The number of carbonyl (C=O) groups excluding carboxylic acids is 1. The number of rotatable bonds is 3. The maximum atomic E-state index is 11.9. The van der Waals surface area contributed by atoms with Crippen LogP contribution in [0.15, 0.2) is 30.3 Å². The molecule has 0 bridgehead atoms. The molecule has 1 aliphatic carbocycles. The zero-order valence-corrected chi connectivity index (χ0v) is 11.4. The molecule has 1 amide bonds. The minimum absolute atomic E-state index is 0.0725. The van der Waals surface area contributed by atoms with E-state index in [1.165, 1.54) is 24.8 Å². The highest BCUT2D eigenvalue weighted by molar-refractivity contribution is 5.78. The topological polar surface area (TPSA) is 29.1 Å². The fraction of sp³-hybridized carbons (Fsp3) is 0.562. The zero-order chi connectivity index (χ0) is 13.0. The Kier molecular flexibility index (Phi) is 4.40. The Morgan fingerprint density at radius 3 is 2.50 bits per heavy atom. The van der Waals surface area contributed by atoms with Crippen LogP contribution in [0.5, 0.6) is 0 Å². The van der Waals surface area contributed by atoms with Gasteiger partial charge in [0.1, 0.15) is 0 Å². The molecule has 0 saturated heterocycles.